The number of rotatable bonds is 8. The van der Waals surface area contributed by atoms with E-state index in [2.05, 4.69) is 15.3 Å². The number of hydrogen-bond donors (Lipinski definition) is 2. The van der Waals surface area contributed by atoms with Gasteiger partial charge in [0.25, 0.3) is 5.56 Å². The lowest BCUT2D eigenvalue weighted by Crippen LogP contribution is -2.20. The molecular formula is C29H31N5O2. The SMILES string of the molecule is Cc1ncc(-c2ccc(=O)n(C(C)C)c2)nc1C(=O)C=C(N)c1ccc(CNc2ccccc2)cc1.[HH]. The molecule has 0 aliphatic carbocycles. The zero-order chi connectivity index (χ0) is 25.7. The van der Waals surface area contributed by atoms with E-state index in [0.717, 1.165) is 16.8 Å². The number of pyridine rings is 1. The van der Waals surface area contributed by atoms with Crippen molar-refractivity contribution < 1.29 is 6.22 Å². The number of para-hydroxylation sites is 1. The predicted octanol–water partition coefficient (Wildman–Crippen LogP) is 5.24. The van der Waals surface area contributed by atoms with Gasteiger partial charge in [-0.05, 0) is 50.1 Å². The molecule has 0 fully saturated rings. The zero-order valence-corrected chi connectivity index (χ0v) is 20.6. The number of nitrogens with one attached hydrogen (secondary N) is 1. The van der Waals surface area contributed by atoms with E-state index in [9.17, 15) is 9.59 Å². The Hall–Kier alpha value is -4.52. The minimum absolute atomic E-state index is 0. The van der Waals surface area contributed by atoms with Crippen LogP contribution < -0.4 is 16.6 Å². The number of carbonyl (C=O) groups excluding carboxylic acids is 1. The van der Waals surface area contributed by atoms with Crippen LogP contribution in [0, 0.1) is 6.92 Å². The van der Waals surface area contributed by atoms with E-state index < -0.39 is 0 Å². The van der Waals surface area contributed by atoms with Crippen molar-refractivity contribution in [2.45, 2.75) is 33.4 Å². The highest BCUT2D eigenvalue weighted by Crippen LogP contribution is 2.19. The lowest BCUT2D eigenvalue weighted by Gasteiger charge is -2.12. The van der Waals surface area contributed by atoms with Crippen LogP contribution in [0.5, 0.6) is 0 Å². The molecule has 36 heavy (non-hydrogen) atoms. The fourth-order valence-electron chi connectivity index (χ4n) is 3.75. The molecule has 7 nitrogen and oxygen atoms in total. The Kier molecular flexibility index (Phi) is 7.39. The number of ketones is 1. The van der Waals surface area contributed by atoms with Gasteiger partial charge in [-0.25, -0.2) is 4.98 Å². The van der Waals surface area contributed by atoms with Gasteiger partial charge in [-0.3, -0.25) is 14.6 Å². The molecule has 0 bridgehead atoms. The summed E-state index contributed by atoms with van der Waals surface area (Å²) in [6.07, 6.45) is 4.72. The molecule has 0 aliphatic rings. The first-order valence-electron chi connectivity index (χ1n) is 11.8. The van der Waals surface area contributed by atoms with Gasteiger partial charge in [0.2, 0.25) is 5.78 Å². The van der Waals surface area contributed by atoms with Crippen molar-refractivity contribution >= 4 is 17.2 Å². The number of anilines is 1. The minimum Gasteiger partial charge on any atom is -0.398 e. The number of aryl methyl sites for hydroxylation is 1. The number of benzene rings is 2. The van der Waals surface area contributed by atoms with Crippen LogP contribution in [0.2, 0.25) is 0 Å². The van der Waals surface area contributed by atoms with E-state index in [1.54, 1.807) is 30.0 Å². The fraction of sp³-hybridized carbons (Fsp3) is 0.172. The van der Waals surface area contributed by atoms with Gasteiger partial charge in [-0.15, -0.1) is 0 Å². The second-order valence-corrected chi connectivity index (χ2v) is 8.83. The summed E-state index contributed by atoms with van der Waals surface area (Å²) in [7, 11) is 0. The average molecular weight is 482 g/mol. The number of aromatic nitrogens is 3. The second-order valence-electron chi connectivity index (χ2n) is 8.83. The smallest absolute Gasteiger partial charge is 0.250 e. The monoisotopic (exact) mass is 481 g/mol. The molecule has 4 aromatic rings. The number of carbonyl (C=O) groups is 1. The van der Waals surface area contributed by atoms with Gasteiger partial charge in [0.15, 0.2) is 0 Å². The normalized spacial score (nSPS) is 11.5. The fourth-order valence-corrected chi connectivity index (χ4v) is 3.75. The van der Waals surface area contributed by atoms with Gasteiger partial charge < -0.3 is 15.6 Å². The molecule has 0 amide bonds. The molecule has 0 spiro atoms. The first-order valence-corrected chi connectivity index (χ1v) is 11.8. The van der Waals surface area contributed by atoms with Crippen LogP contribution in [0.15, 0.2) is 90.0 Å². The highest BCUT2D eigenvalue weighted by Gasteiger charge is 2.14. The van der Waals surface area contributed by atoms with Gasteiger partial charge in [0.05, 0.1) is 17.6 Å². The van der Waals surface area contributed by atoms with E-state index in [4.69, 9.17) is 5.73 Å². The molecule has 7 heteroatoms. The van der Waals surface area contributed by atoms with Crippen molar-refractivity contribution in [2.75, 3.05) is 5.32 Å². The molecule has 0 unspecified atom stereocenters. The maximum atomic E-state index is 13.1. The molecule has 184 valence electrons. The van der Waals surface area contributed by atoms with Crippen LogP contribution in [0.3, 0.4) is 0 Å². The van der Waals surface area contributed by atoms with Crippen molar-refractivity contribution in [3.63, 3.8) is 0 Å². The Morgan fingerprint density at radius 3 is 2.50 bits per heavy atom. The van der Waals surface area contributed by atoms with Crippen molar-refractivity contribution in [1.29, 1.82) is 0 Å². The summed E-state index contributed by atoms with van der Waals surface area (Å²) in [5.74, 6) is -0.327. The summed E-state index contributed by atoms with van der Waals surface area (Å²) in [4.78, 5) is 34.1. The summed E-state index contributed by atoms with van der Waals surface area (Å²) in [6.45, 7) is 6.28. The third kappa shape index (κ3) is 5.75. The molecule has 0 atom stereocenters. The standard InChI is InChI=1S/C29H29N5O2.H2/c1-19(2)34-18-23(13-14-28(34)36)26-17-31-20(3)29(33-26)27(35)15-25(30)22-11-9-21(10-12-22)16-32-24-7-5-4-6-8-24;/h4-15,17-19,32H,16,30H2,1-3H3;1H. The molecule has 0 saturated heterocycles. The first kappa shape index (κ1) is 24.6. The molecule has 4 rings (SSSR count). The number of nitrogens with zero attached hydrogens (tertiary/aromatic N) is 3. The van der Waals surface area contributed by atoms with Crippen molar-refractivity contribution in [3.8, 4) is 11.3 Å². The summed E-state index contributed by atoms with van der Waals surface area (Å²) in [6, 6.07) is 20.9. The van der Waals surface area contributed by atoms with Crippen LogP contribution in [0.4, 0.5) is 5.69 Å². The van der Waals surface area contributed by atoms with Crippen molar-refractivity contribution in [2.24, 2.45) is 5.73 Å². The molecule has 2 aromatic heterocycles. The highest BCUT2D eigenvalue weighted by atomic mass is 16.1. The maximum Gasteiger partial charge on any atom is 0.250 e. The Labute approximate surface area is 211 Å². The number of hydrogen-bond acceptors (Lipinski definition) is 6. The van der Waals surface area contributed by atoms with Crippen molar-refractivity contribution in [3.05, 3.63) is 118 Å². The largest absolute Gasteiger partial charge is 0.398 e. The Morgan fingerprint density at radius 1 is 1.08 bits per heavy atom. The van der Waals surface area contributed by atoms with E-state index in [0.29, 0.717) is 29.2 Å². The summed E-state index contributed by atoms with van der Waals surface area (Å²) in [5.41, 5.74) is 11.4. The van der Waals surface area contributed by atoms with E-state index >= 15 is 0 Å². The van der Waals surface area contributed by atoms with E-state index in [-0.39, 0.29) is 24.5 Å². The minimum atomic E-state index is -0.327. The van der Waals surface area contributed by atoms with Gasteiger partial charge in [-0.1, -0.05) is 42.5 Å². The van der Waals surface area contributed by atoms with Crippen LogP contribution in [0.25, 0.3) is 17.0 Å². The molecule has 0 aliphatic heterocycles. The highest BCUT2D eigenvalue weighted by molar-refractivity contribution is 6.07. The zero-order valence-electron chi connectivity index (χ0n) is 20.6. The summed E-state index contributed by atoms with van der Waals surface area (Å²) < 4.78 is 1.62. The Morgan fingerprint density at radius 2 is 1.81 bits per heavy atom. The lowest BCUT2D eigenvalue weighted by atomic mass is 10.1. The van der Waals surface area contributed by atoms with Gasteiger partial charge in [0.1, 0.15) is 5.69 Å². The molecule has 0 saturated carbocycles. The van der Waals surface area contributed by atoms with Gasteiger partial charge >= 0.3 is 0 Å². The summed E-state index contributed by atoms with van der Waals surface area (Å²) >= 11 is 0. The Bertz CT molecular complexity index is 1460. The third-order valence-corrected chi connectivity index (χ3v) is 5.82. The second kappa shape index (κ2) is 10.8. The van der Waals surface area contributed by atoms with Gasteiger partial charge in [-0.2, -0.15) is 0 Å². The Balaban J connectivity index is 0.00000380. The van der Waals surface area contributed by atoms with Crippen molar-refractivity contribution in [1.82, 2.24) is 14.5 Å². The molecular weight excluding hydrogens is 450 g/mol. The predicted molar refractivity (Wildman–Crippen MR) is 146 cm³/mol. The van der Waals surface area contributed by atoms with Crippen LogP contribution >= 0.6 is 0 Å². The van der Waals surface area contributed by atoms with Gasteiger partial charge in [0, 0.05) is 49.3 Å². The number of nitrogens with two attached hydrogens (primary N) is 1. The van der Waals surface area contributed by atoms with E-state index in [1.165, 1.54) is 12.1 Å². The molecule has 3 N–H and O–H groups in total. The quantitative estimate of drug-likeness (QED) is 0.264. The molecule has 2 aromatic carbocycles. The lowest BCUT2D eigenvalue weighted by molar-refractivity contribution is 0.104. The molecule has 0 radical (unpaired) electrons. The summed E-state index contributed by atoms with van der Waals surface area (Å²) in [5, 5.41) is 3.37. The third-order valence-electron chi connectivity index (χ3n) is 5.82. The molecule has 2 heterocycles. The van der Waals surface area contributed by atoms with Crippen LogP contribution in [0.1, 0.15) is 48.6 Å². The topological polar surface area (TPSA) is 103 Å². The average Bonchev–Trinajstić information content (AvgIpc) is 2.88. The van der Waals surface area contributed by atoms with E-state index in [1.807, 2.05) is 68.4 Å². The van der Waals surface area contributed by atoms with Crippen LogP contribution in [-0.4, -0.2) is 20.3 Å². The van der Waals surface area contributed by atoms with Crippen LogP contribution in [-0.2, 0) is 6.54 Å². The maximum absolute atomic E-state index is 13.1. The number of allylic oxidation sites excluding steroid dienone is 1. The first-order chi connectivity index (χ1) is 17.3.